The van der Waals surface area contributed by atoms with Crippen LogP contribution in [0.4, 0.5) is 0 Å². The minimum absolute atomic E-state index is 0.342. The first-order valence-electron chi connectivity index (χ1n) is 7.03. The summed E-state index contributed by atoms with van der Waals surface area (Å²) in [6.45, 7) is 4.40. The first-order chi connectivity index (χ1) is 11.0. The summed E-state index contributed by atoms with van der Waals surface area (Å²) in [5.41, 5.74) is 0. The molecule has 24 heavy (non-hydrogen) atoms. The SMILES string of the molecule is CC(CO)C(=O)OC(C)C(=O)O.CC(C[O-])C(=O)OC(C)C(=O)O. The number of aliphatic carboxylic acids is 2. The number of esters is 2. The Bertz CT molecular complexity index is 393. The number of aliphatic hydroxyl groups is 1. The van der Waals surface area contributed by atoms with Gasteiger partial charge in [0.1, 0.15) is 0 Å². The zero-order valence-corrected chi connectivity index (χ0v) is 13.9. The maximum Gasteiger partial charge on any atom is 0.344 e. The van der Waals surface area contributed by atoms with E-state index in [1.165, 1.54) is 27.7 Å². The van der Waals surface area contributed by atoms with Crippen LogP contribution in [-0.4, -0.2) is 64.6 Å². The molecule has 0 aromatic heterocycles. The van der Waals surface area contributed by atoms with Crippen molar-refractivity contribution in [2.45, 2.75) is 39.9 Å². The molecule has 0 spiro atoms. The highest BCUT2D eigenvalue weighted by atomic mass is 16.6. The number of carbonyl (C=O) groups excluding carboxylic acids is 2. The smallest absolute Gasteiger partial charge is 0.344 e. The molecule has 0 bridgehead atoms. The Labute approximate surface area is 139 Å². The molecule has 0 aliphatic heterocycles. The van der Waals surface area contributed by atoms with Gasteiger partial charge in [-0.2, -0.15) is 0 Å². The van der Waals surface area contributed by atoms with Crippen molar-refractivity contribution in [1.82, 2.24) is 0 Å². The minimum atomic E-state index is -1.22. The Kier molecular flexibility index (Phi) is 12.3. The van der Waals surface area contributed by atoms with E-state index in [1.807, 2.05) is 0 Å². The summed E-state index contributed by atoms with van der Waals surface area (Å²) >= 11 is 0. The third-order valence-electron chi connectivity index (χ3n) is 2.61. The highest BCUT2D eigenvalue weighted by molar-refractivity contribution is 5.79. The molecule has 10 nitrogen and oxygen atoms in total. The fourth-order valence-electron chi connectivity index (χ4n) is 0.824. The zero-order chi connectivity index (χ0) is 19.4. The van der Waals surface area contributed by atoms with Crippen LogP contribution >= 0.6 is 0 Å². The lowest BCUT2D eigenvalue weighted by atomic mass is 10.2. The molecular weight excluding hydrogens is 328 g/mol. The van der Waals surface area contributed by atoms with Gasteiger partial charge in [-0.15, -0.1) is 6.61 Å². The lowest BCUT2D eigenvalue weighted by Gasteiger charge is -2.15. The van der Waals surface area contributed by atoms with Gasteiger partial charge in [-0.25, -0.2) is 9.59 Å². The summed E-state index contributed by atoms with van der Waals surface area (Å²) < 4.78 is 8.89. The molecule has 10 heteroatoms. The molecule has 140 valence electrons. The highest BCUT2D eigenvalue weighted by Crippen LogP contribution is 2.01. The van der Waals surface area contributed by atoms with Crippen molar-refractivity contribution in [2.24, 2.45) is 11.8 Å². The molecule has 0 rings (SSSR count). The first kappa shape index (κ1) is 24.1. The van der Waals surface area contributed by atoms with Gasteiger partial charge in [0.05, 0.1) is 12.5 Å². The van der Waals surface area contributed by atoms with Gasteiger partial charge in [0.15, 0.2) is 12.2 Å². The van der Waals surface area contributed by atoms with E-state index in [-0.39, 0.29) is 6.61 Å². The standard InChI is InChI=1S/C7H12O5.C7H11O5/c2*1-4(3-8)7(11)12-5(2)6(9)10/h4-5,8H,3H2,1-2H3,(H,9,10);4-5H,3H2,1-2H3,(H,9,10)/q;-1. The van der Waals surface area contributed by atoms with Crippen LogP contribution in [0.15, 0.2) is 0 Å². The Morgan fingerprint density at radius 3 is 1.42 bits per heavy atom. The second-order valence-corrected chi connectivity index (χ2v) is 4.99. The molecule has 0 fully saturated rings. The quantitative estimate of drug-likeness (QED) is 0.443. The Hall–Kier alpha value is -2.20. The molecule has 0 aliphatic rings. The van der Waals surface area contributed by atoms with Crippen LogP contribution in [0.2, 0.25) is 0 Å². The van der Waals surface area contributed by atoms with Gasteiger partial charge in [0, 0.05) is 5.92 Å². The lowest BCUT2D eigenvalue weighted by molar-refractivity contribution is -0.375. The van der Waals surface area contributed by atoms with Crippen LogP contribution in [-0.2, 0) is 28.7 Å². The van der Waals surface area contributed by atoms with Crippen molar-refractivity contribution in [2.75, 3.05) is 13.2 Å². The number of aliphatic hydroxyl groups excluding tert-OH is 1. The van der Waals surface area contributed by atoms with E-state index in [0.717, 1.165) is 0 Å². The topological polar surface area (TPSA) is 170 Å². The van der Waals surface area contributed by atoms with Gasteiger partial charge < -0.3 is 29.9 Å². The molecule has 0 amide bonds. The second kappa shape index (κ2) is 12.3. The first-order valence-corrected chi connectivity index (χ1v) is 7.03. The summed E-state index contributed by atoms with van der Waals surface area (Å²) in [6, 6.07) is 0. The molecule has 0 aromatic carbocycles. The molecule has 4 unspecified atom stereocenters. The average Bonchev–Trinajstić information content (AvgIpc) is 2.53. The molecule has 4 atom stereocenters. The van der Waals surface area contributed by atoms with E-state index in [4.69, 9.17) is 15.3 Å². The van der Waals surface area contributed by atoms with Crippen molar-refractivity contribution >= 4 is 23.9 Å². The van der Waals surface area contributed by atoms with E-state index in [1.54, 1.807) is 0 Å². The van der Waals surface area contributed by atoms with Crippen LogP contribution in [0.25, 0.3) is 0 Å². The number of hydrogen-bond acceptors (Lipinski definition) is 8. The van der Waals surface area contributed by atoms with E-state index in [0.29, 0.717) is 0 Å². The van der Waals surface area contributed by atoms with Crippen molar-refractivity contribution in [3.8, 4) is 0 Å². The number of carbonyl (C=O) groups is 4. The van der Waals surface area contributed by atoms with Gasteiger partial charge in [-0.05, 0) is 20.8 Å². The summed E-state index contributed by atoms with van der Waals surface area (Å²) in [5.74, 6) is -5.35. The van der Waals surface area contributed by atoms with E-state index >= 15 is 0 Å². The molecule has 0 saturated carbocycles. The molecule has 0 aromatic rings. The Balaban J connectivity index is 0. The highest BCUT2D eigenvalue weighted by Gasteiger charge is 2.20. The molecule has 0 radical (unpaired) electrons. The Morgan fingerprint density at radius 2 is 1.17 bits per heavy atom. The zero-order valence-electron chi connectivity index (χ0n) is 13.9. The van der Waals surface area contributed by atoms with E-state index in [2.05, 4.69) is 9.47 Å². The average molecular weight is 351 g/mol. The van der Waals surface area contributed by atoms with Gasteiger partial charge in [-0.3, -0.25) is 9.59 Å². The number of carboxylic acids is 2. The Morgan fingerprint density at radius 1 is 0.833 bits per heavy atom. The number of rotatable bonds is 8. The van der Waals surface area contributed by atoms with Crippen LogP contribution in [0.5, 0.6) is 0 Å². The fraction of sp³-hybridized carbons (Fsp3) is 0.714. The summed E-state index contributed by atoms with van der Waals surface area (Å²) in [5, 5.41) is 35.4. The lowest BCUT2D eigenvalue weighted by Crippen LogP contribution is -2.31. The molecular formula is C14H23O10-. The number of hydrogen-bond donors (Lipinski definition) is 3. The number of carboxylic acid groups (broad SMARTS) is 2. The van der Waals surface area contributed by atoms with Crippen molar-refractivity contribution in [3.05, 3.63) is 0 Å². The minimum Gasteiger partial charge on any atom is -0.854 e. The molecule has 0 heterocycles. The van der Waals surface area contributed by atoms with E-state index < -0.39 is 54.5 Å². The van der Waals surface area contributed by atoms with Gasteiger partial charge in [0.25, 0.3) is 0 Å². The van der Waals surface area contributed by atoms with Gasteiger partial charge in [0.2, 0.25) is 0 Å². The number of ether oxygens (including phenoxy) is 2. The fourth-order valence-corrected chi connectivity index (χ4v) is 0.824. The molecule has 0 saturated heterocycles. The normalized spacial score (nSPS) is 14.9. The summed E-state index contributed by atoms with van der Waals surface area (Å²) in [7, 11) is 0. The third kappa shape index (κ3) is 10.5. The predicted octanol–water partition coefficient (Wildman–Crippen LogP) is -1.37. The van der Waals surface area contributed by atoms with Crippen LogP contribution in [0, 0.1) is 11.8 Å². The van der Waals surface area contributed by atoms with Crippen molar-refractivity contribution in [1.29, 1.82) is 0 Å². The van der Waals surface area contributed by atoms with Gasteiger partial charge >= 0.3 is 23.9 Å². The van der Waals surface area contributed by atoms with Crippen molar-refractivity contribution < 1.29 is 49.1 Å². The second-order valence-electron chi connectivity index (χ2n) is 4.99. The maximum atomic E-state index is 10.8. The molecule has 0 aliphatic carbocycles. The van der Waals surface area contributed by atoms with Gasteiger partial charge in [-0.1, -0.05) is 6.92 Å². The van der Waals surface area contributed by atoms with Crippen LogP contribution in [0.3, 0.4) is 0 Å². The predicted molar refractivity (Wildman–Crippen MR) is 76.7 cm³/mol. The van der Waals surface area contributed by atoms with Crippen molar-refractivity contribution in [3.63, 3.8) is 0 Å². The summed E-state index contributed by atoms with van der Waals surface area (Å²) in [6.07, 6.45) is -2.35. The maximum absolute atomic E-state index is 10.8. The summed E-state index contributed by atoms with van der Waals surface area (Å²) in [4.78, 5) is 42.0. The van der Waals surface area contributed by atoms with Crippen LogP contribution in [0.1, 0.15) is 27.7 Å². The molecule has 3 N–H and O–H groups in total. The van der Waals surface area contributed by atoms with Crippen LogP contribution < -0.4 is 5.11 Å². The monoisotopic (exact) mass is 351 g/mol. The third-order valence-corrected chi connectivity index (χ3v) is 2.61. The largest absolute Gasteiger partial charge is 0.854 e. The van der Waals surface area contributed by atoms with E-state index in [9.17, 15) is 24.3 Å².